The largest absolute Gasteiger partial charge is 0.356 e. The van der Waals surface area contributed by atoms with E-state index in [0.29, 0.717) is 12.1 Å². The van der Waals surface area contributed by atoms with Crippen molar-refractivity contribution in [2.24, 2.45) is 0 Å². The van der Waals surface area contributed by atoms with E-state index in [1.165, 1.54) is 12.1 Å². The maximum atomic E-state index is 13.3. The molecule has 1 saturated heterocycles. The number of hydrogen-bond donors (Lipinski definition) is 0. The van der Waals surface area contributed by atoms with Gasteiger partial charge in [0.1, 0.15) is 28.5 Å². The molecule has 0 atom stereocenters. The van der Waals surface area contributed by atoms with Gasteiger partial charge in [0.05, 0.1) is 5.39 Å². The normalized spacial score (nSPS) is 16.0. The van der Waals surface area contributed by atoms with Gasteiger partial charge < -0.3 is 9.42 Å². The summed E-state index contributed by atoms with van der Waals surface area (Å²) in [5.41, 5.74) is 1.36. The number of benzene rings is 1. The highest BCUT2D eigenvalue weighted by atomic mass is 32.1. The number of nitrogens with zero attached hydrogens (tertiary/aromatic N) is 5. The Balaban J connectivity index is 1.30. The van der Waals surface area contributed by atoms with E-state index in [9.17, 15) is 4.39 Å². The first-order chi connectivity index (χ1) is 12.8. The van der Waals surface area contributed by atoms with Gasteiger partial charge in [-0.15, -0.1) is 11.3 Å². The van der Waals surface area contributed by atoms with Crippen molar-refractivity contribution in [2.75, 3.05) is 31.1 Å². The molecule has 0 N–H and O–H groups in total. The highest BCUT2D eigenvalue weighted by Gasteiger charge is 2.22. The molecule has 0 unspecified atom stereocenters. The van der Waals surface area contributed by atoms with E-state index < -0.39 is 0 Å². The summed E-state index contributed by atoms with van der Waals surface area (Å²) in [5.74, 6) is 0.705. The molecule has 3 aromatic heterocycles. The van der Waals surface area contributed by atoms with Crippen LogP contribution in [0.2, 0.25) is 0 Å². The fourth-order valence-corrected chi connectivity index (χ4v) is 4.16. The third kappa shape index (κ3) is 2.71. The van der Waals surface area contributed by atoms with Crippen molar-refractivity contribution in [1.82, 2.24) is 20.0 Å². The van der Waals surface area contributed by atoms with Crippen LogP contribution in [0.1, 0.15) is 5.69 Å². The molecule has 0 radical (unpaired) electrons. The van der Waals surface area contributed by atoms with Gasteiger partial charge in [0.25, 0.3) is 0 Å². The molecule has 8 heteroatoms. The van der Waals surface area contributed by atoms with Crippen LogP contribution in [0.4, 0.5) is 10.2 Å². The Morgan fingerprint density at radius 2 is 1.96 bits per heavy atom. The van der Waals surface area contributed by atoms with Gasteiger partial charge in [0.15, 0.2) is 5.58 Å². The Kier molecular flexibility index (Phi) is 3.79. The zero-order valence-electron chi connectivity index (χ0n) is 13.9. The first-order valence-corrected chi connectivity index (χ1v) is 9.35. The van der Waals surface area contributed by atoms with Crippen LogP contribution in [-0.2, 0) is 6.54 Å². The molecule has 0 spiro atoms. The second kappa shape index (κ2) is 6.30. The molecule has 0 aliphatic carbocycles. The SMILES string of the molecule is Fc1ccc2c(CN3CCN(c4ncnc5sccc45)CC3)noc2c1. The topological polar surface area (TPSA) is 58.3 Å². The van der Waals surface area contributed by atoms with Gasteiger partial charge in [-0.2, -0.15) is 0 Å². The Labute approximate surface area is 152 Å². The third-order valence-corrected chi connectivity index (χ3v) is 5.62. The van der Waals surface area contributed by atoms with E-state index in [-0.39, 0.29) is 5.82 Å². The quantitative estimate of drug-likeness (QED) is 0.552. The number of rotatable bonds is 3. The van der Waals surface area contributed by atoms with E-state index in [2.05, 4.69) is 36.4 Å². The number of fused-ring (bicyclic) bond motifs is 2. The molecule has 1 aliphatic heterocycles. The van der Waals surface area contributed by atoms with Crippen LogP contribution in [0.15, 0.2) is 40.5 Å². The minimum atomic E-state index is -0.307. The summed E-state index contributed by atoms with van der Waals surface area (Å²) in [5, 5.41) is 8.18. The number of hydrogen-bond acceptors (Lipinski definition) is 7. The summed E-state index contributed by atoms with van der Waals surface area (Å²) in [6.07, 6.45) is 1.64. The molecule has 0 bridgehead atoms. The predicted octanol–water partition coefficient (Wildman–Crippen LogP) is 3.29. The fraction of sp³-hybridized carbons (Fsp3) is 0.278. The predicted molar refractivity (Wildman–Crippen MR) is 98.9 cm³/mol. The lowest BCUT2D eigenvalue weighted by atomic mass is 10.2. The number of halogens is 1. The lowest BCUT2D eigenvalue weighted by molar-refractivity contribution is 0.243. The summed E-state index contributed by atoms with van der Waals surface area (Å²) in [6, 6.07) is 6.65. The summed E-state index contributed by atoms with van der Waals surface area (Å²) >= 11 is 1.64. The first kappa shape index (κ1) is 15.7. The number of piperazine rings is 1. The average Bonchev–Trinajstić information content (AvgIpc) is 3.29. The monoisotopic (exact) mass is 369 g/mol. The van der Waals surface area contributed by atoms with Crippen molar-refractivity contribution in [1.29, 1.82) is 0 Å². The molecule has 6 nitrogen and oxygen atoms in total. The molecular weight excluding hydrogens is 353 g/mol. The van der Waals surface area contributed by atoms with Gasteiger partial charge in [-0.1, -0.05) is 5.16 Å². The minimum absolute atomic E-state index is 0.307. The maximum absolute atomic E-state index is 13.3. The van der Waals surface area contributed by atoms with Crippen molar-refractivity contribution in [3.05, 3.63) is 47.5 Å². The summed E-state index contributed by atoms with van der Waals surface area (Å²) < 4.78 is 18.5. The number of anilines is 1. The van der Waals surface area contributed by atoms with Crippen molar-refractivity contribution in [3.63, 3.8) is 0 Å². The van der Waals surface area contributed by atoms with Crippen LogP contribution < -0.4 is 4.90 Å². The van der Waals surface area contributed by atoms with E-state index >= 15 is 0 Å². The van der Waals surface area contributed by atoms with Crippen LogP contribution in [0.3, 0.4) is 0 Å². The lowest BCUT2D eigenvalue weighted by Crippen LogP contribution is -2.46. The van der Waals surface area contributed by atoms with Gasteiger partial charge in [-0.25, -0.2) is 14.4 Å². The van der Waals surface area contributed by atoms with Crippen LogP contribution >= 0.6 is 11.3 Å². The number of aromatic nitrogens is 3. The fourth-order valence-electron chi connectivity index (χ4n) is 3.44. The second-order valence-electron chi connectivity index (χ2n) is 6.37. The van der Waals surface area contributed by atoms with Crippen LogP contribution in [0.25, 0.3) is 21.2 Å². The van der Waals surface area contributed by atoms with Gasteiger partial charge in [-0.05, 0) is 23.6 Å². The van der Waals surface area contributed by atoms with Crippen molar-refractivity contribution in [3.8, 4) is 0 Å². The van der Waals surface area contributed by atoms with Crippen LogP contribution in [0.5, 0.6) is 0 Å². The van der Waals surface area contributed by atoms with Gasteiger partial charge in [0.2, 0.25) is 0 Å². The molecule has 4 aromatic rings. The third-order valence-electron chi connectivity index (χ3n) is 4.79. The molecule has 26 heavy (non-hydrogen) atoms. The van der Waals surface area contributed by atoms with E-state index in [0.717, 1.165) is 53.3 Å². The zero-order valence-corrected chi connectivity index (χ0v) is 14.7. The summed E-state index contributed by atoms with van der Waals surface area (Å²) in [6.45, 7) is 4.30. The summed E-state index contributed by atoms with van der Waals surface area (Å²) in [4.78, 5) is 14.5. The van der Waals surface area contributed by atoms with E-state index in [4.69, 9.17) is 4.52 Å². The smallest absolute Gasteiger partial charge is 0.170 e. The van der Waals surface area contributed by atoms with Gasteiger partial charge in [0, 0.05) is 44.2 Å². The highest BCUT2D eigenvalue weighted by molar-refractivity contribution is 7.16. The Hall–Kier alpha value is -2.58. The van der Waals surface area contributed by atoms with E-state index in [1.54, 1.807) is 23.7 Å². The molecule has 0 saturated carbocycles. The Bertz CT molecular complexity index is 1070. The van der Waals surface area contributed by atoms with Crippen molar-refractivity contribution >= 4 is 38.3 Å². The lowest BCUT2D eigenvalue weighted by Gasteiger charge is -2.35. The molecule has 1 fully saturated rings. The first-order valence-electron chi connectivity index (χ1n) is 8.47. The van der Waals surface area contributed by atoms with Crippen molar-refractivity contribution in [2.45, 2.75) is 6.54 Å². The molecule has 5 rings (SSSR count). The molecule has 0 amide bonds. The Morgan fingerprint density at radius 1 is 1.08 bits per heavy atom. The molecule has 4 heterocycles. The maximum Gasteiger partial charge on any atom is 0.170 e. The van der Waals surface area contributed by atoms with E-state index in [1.807, 2.05) is 0 Å². The van der Waals surface area contributed by atoms with Crippen molar-refractivity contribution < 1.29 is 8.91 Å². The molecule has 1 aromatic carbocycles. The number of thiophene rings is 1. The van der Waals surface area contributed by atoms with Gasteiger partial charge in [-0.3, -0.25) is 4.90 Å². The summed E-state index contributed by atoms with van der Waals surface area (Å²) in [7, 11) is 0. The Morgan fingerprint density at radius 3 is 2.85 bits per heavy atom. The van der Waals surface area contributed by atoms with Gasteiger partial charge >= 0.3 is 0 Å². The molecular formula is C18H16FN5OS. The second-order valence-corrected chi connectivity index (χ2v) is 7.26. The molecule has 1 aliphatic rings. The standard InChI is InChI=1S/C18H16FN5OS/c19-12-1-2-13-15(22-25-16(13)9-12)10-23-4-6-24(7-5-23)17-14-3-8-26-18(14)21-11-20-17/h1-3,8-9,11H,4-7,10H2. The van der Waals surface area contributed by atoms with Crippen LogP contribution in [0, 0.1) is 5.82 Å². The minimum Gasteiger partial charge on any atom is -0.356 e. The van der Waals surface area contributed by atoms with Crippen LogP contribution in [-0.4, -0.2) is 46.2 Å². The zero-order chi connectivity index (χ0) is 17.5. The molecule has 132 valence electrons. The highest BCUT2D eigenvalue weighted by Crippen LogP contribution is 2.28. The average molecular weight is 369 g/mol.